The minimum Gasteiger partial charge on any atom is -0.481 e. The first-order valence-corrected chi connectivity index (χ1v) is 13.0. The molecule has 0 aliphatic carbocycles. The highest BCUT2D eigenvalue weighted by atomic mass is 19.1. The standard InChI is InChI=1S/C19H21FN2O4.C10H12O2/c1-10-2-3-12-16-13(18(24)14(19(25)26)9-22(10)16)8-15(20)17(12)21-6-4-11(23)5-7-21;11-10(12)8-4-7-9-5-2-1-3-6-9/h8-11,23H,2-7H2,1H3,(H,25,26);1-3,5-6H,4,7-8H2,(H,11,12). The number of hydrogen-bond acceptors (Lipinski definition) is 5. The molecule has 1 aromatic heterocycles. The van der Waals surface area contributed by atoms with E-state index < -0.39 is 23.2 Å². The highest BCUT2D eigenvalue weighted by molar-refractivity contribution is 5.95. The largest absolute Gasteiger partial charge is 0.481 e. The fraction of sp³-hybridized carbons (Fsp3) is 0.414. The summed E-state index contributed by atoms with van der Waals surface area (Å²) in [5.41, 5.74) is 2.14. The number of aliphatic hydroxyl groups excluding tert-OH is 1. The van der Waals surface area contributed by atoms with Crippen molar-refractivity contribution in [1.82, 2.24) is 4.57 Å². The Kier molecular flexibility index (Phi) is 8.46. The molecular formula is C29H33FN2O6. The predicted molar refractivity (Wildman–Crippen MR) is 143 cm³/mol. The maximum Gasteiger partial charge on any atom is 0.341 e. The third kappa shape index (κ3) is 5.88. The number of benzene rings is 2. The van der Waals surface area contributed by atoms with Crippen molar-refractivity contribution in [3.8, 4) is 0 Å². The number of aromatic nitrogens is 1. The number of aromatic carboxylic acids is 1. The van der Waals surface area contributed by atoms with Crippen molar-refractivity contribution in [2.45, 2.75) is 64.0 Å². The number of hydrogen-bond donors (Lipinski definition) is 3. The summed E-state index contributed by atoms with van der Waals surface area (Å²) in [6.45, 7) is 3.09. The lowest BCUT2D eigenvalue weighted by molar-refractivity contribution is -0.137. The summed E-state index contributed by atoms with van der Waals surface area (Å²) >= 11 is 0. The van der Waals surface area contributed by atoms with Gasteiger partial charge in [-0.15, -0.1) is 0 Å². The molecular weight excluding hydrogens is 491 g/mol. The molecule has 1 saturated heterocycles. The Morgan fingerprint density at radius 1 is 1.08 bits per heavy atom. The van der Waals surface area contributed by atoms with Crippen molar-refractivity contribution in [1.29, 1.82) is 0 Å². The van der Waals surface area contributed by atoms with Crippen molar-refractivity contribution in [2.24, 2.45) is 0 Å². The fourth-order valence-electron chi connectivity index (χ4n) is 5.31. The minimum atomic E-state index is -1.30. The van der Waals surface area contributed by atoms with Gasteiger partial charge in [-0.25, -0.2) is 9.18 Å². The summed E-state index contributed by atoms with van der Waals surface area (Å²) in [5.74, 6) is -2.51. The third-order valence-electron chi connectivity index (χ3n) is 7.34. The topological polar surface area (TPSA) is 120 Å². The molecule has 3 aromatic rings. The smallest absolute Gasteiger partial charge is 0.341 e. The second-order valence-corrected chi connectivity index (χ2v) is 10.0. The number of carbonyl (C=O) groups is 2. The molecule has 3 heterocycles. The van der Waals surface area contributed by atoms with Gasteiger partial charge in [0.2, 0.25) is 5.43 Å². The Hall–Kier alpha value is -3.72. The van der Waals surface area contributed by atoms with Crippen LogP contribution in [0.15, 0.2) is 47.4 Å². The molecule has 0 radical (unpaired) electrons. The van der Waals surface area contributed by atoms with Gasteiger partial charge in [-0.3, -0.25) is 9.59 Å². The molecule has 5 rings (SSSR count). The second-order valence-electron chi connectivity index (χ2n) is 10.0. The molecule has 0 spiro atoms. The van der Waals surface area contributed by atoms with E-state index in [2.05, 4.69) is 0 Å². The van der Waals surface area contributed by atoms with E-state index in [1.165, 1.54) is 17.8 Å². The normalized spacial score (nSPS) is 17.1. The highest BCUT2D eigenvalue weighted by Crippen LogP contribution is 2.38. The molecule has 8 nitrogen and oxygen atoms in total. The van der Waals surface area contributed by atoms with Gasteiger partial charge in [-0.1, -0.05) is 30.3 Å². The van der Waals surface area contributed by atoms with Crippen LogP contribution in [0.4, 0.5) is 10.1 Å². The average Bonchev–Trinajstić information content (AvgIpc) is 2.88. The molecule has 2 aliphatic heterocycles. The molecule has 3 N–H and O–H groups in total. The molecule has 38 heavy (non-hydrogen) atoms. The van der Waals surface area contributed by atoms with Crippen LogP contribution < -0.4 is 10.3 Å². The SMILES string of the molecule is CC1CCc2c(N3CCC(O)CC3)c(F)cc3c(=O)c(C(=O)O)cn1c23.O=C(O)CCCc1ccccc1. The van der Waals surface area contributed by atoms with Gasteiger partial charge in [0.05, 0.1) is 17.3 Å². The number of nitrogens with zero attached hydrogens (tertiary/aromatic N) is 2. The summed E-state index contributed by atoms with van der Waals surface area (Å²) in [7, 11) is 0. The number of carboxylic acids is 2. The van der Waals surface area contributed by atoms with Crippen LogP contribution in [0.25, 0.3) is 10.9 Å². The van der Waals surface area contributed by atoms with Gasteiger partial charge in [0.1, 0.15) is 11.4 Å². The summed E-state index contributed by atoms with van der Waals surface area (Å²) in [6, 6.07) is 11.1. The summed E-state index contributed by atoms with van der Waals surface area (Å²) in [4.78, 5) is 36.2. The van der Waals surface area contributed by atoms with Gasteiger partial charge >= 0.3 is 11.9 Å². The van der Waals surface area contributed by atoms with Crippen LogP contribution in [0.3, 0.4) is 0 Å². The van der Waals surface area contributed by atoms with E-state index in [9.17, 15) is 24.6 Å². The van der Waals surface area contributed by atoms with Gasteiger partial charge in [0.25, 0.3) is 0 Å². The number of aryl methyl sites for hydroxylation is 2. The number of pyridine rings is 1. The van der Waals surface area contributed by atoms with Gasteiger partial charge in [-0.2, -0.15) is 0 Å². The van der Waals surface area contributed by atoms with E-state index in [-0.39, 0.29) is 29.5 Å². The van der Waals surface area contributed by atoms with Crippen LogP contribution in [-0.4, -0.2) is 51.0 Å². The van der Waals surface area contributed by atoms with Crippen molar-refractivity contribution < 1.29 is 29.3 Å². The Morgan fingerprint density at radius 2 is 1.76 bits per heavy atom. The lowest BCUT2D eigenvalue weighted by Crippen LogP contribution is -2.37. The van der Waals surface area contributed by atoms with Crippen LogP contribution in [-0.2, 0) is 17.6 Å². The van der Waals surface area contributed by atoms with E-state index in [0.717, 1.165) is 24.8 Å². The summed E-state index contributed by atoms with van der Waals surface area (Å²) in [6.07, 6.45) is 5.41. The average molecular weight is 525 g/mol. The number of piperidine rings is 1. The van der Waals surface area contributed by atoms with E-state index in [4.69, 9.17) is 5.11 Å². The number of aliphatic hydroxyl groups is 1. The van der Waals surface area contributed by atoms with Crippen LogP contribution in [0, 0.1) is 5.82 Å². The number of halogens is 1. The predicted octanol–water partition coefficient (Wildman–Crippen LogP) is 4.40. The maximum absolute atomic E-state index is 15.0. The molecule has 2 aromatic carbocycles. The molecule has 202 valence electrons. The highest BCUT2D eigenvalue weighted by Gasteiger charge is 2.30. The number of aliphatic carboxylic acids is 1. The number of rotatable bonds is 6. The molecule has 0 amide bonds. The second kappa shape index (κ2) is 11.8. The van der Waals surface area contributed by atoms with Crippen LogP contribution in [0.5, 0.6) is 0 Å². The quantitative estimate of drug-likeness (QED) is 0.437. The Morgan fingerprint density at radius 3 is 2.39 bits per heavy atom. The summed E-state index contributed by atoms with van der Waals surface area (Å²) in [5, 5.41) is 27.6. The molecule has 0 saturated carbocycles. The zero-order valence-electron chi connectivity index (χ0n) is 21.4. The van der Waals surface area contributed by atoms with Crippen molar-refractivity contribution >= 4 is 28.5 Å². The summed E-state index contributed by atoms with van der Waals surface area (Å²) < 4.78 is 16.8. The molecule has 1 atom stereocenters. The lowest BCUT2D eigenvalue weighted by atomic mass is 9.93. The van der Waals surface area contributed by atoms with E-state index in [1.54, 1.807) is 4.57 Å². The van der Waals surface area contributed by atoms with Gasteiger partial charge in [-0.05, 0) is 57.1 Å². The van der Waals surface area contributed by atoms with Crippen molar-refractivity contribution in [2.75, 3.05) is 18.0 Å². The van der Waals surface area contributed by atoms with Crippen molar-refractivity contribution in [3.05, 3.63) is 75.3 Å². The zero-order valence-corrected chi connectivity index (χ0v) is 21.4. The van der Waals surface area contributed by atoms with Crippen LogP contribution in [0.1, 0.15) is 66.6 Å². The molecule has 1 fully saturated rings. The molecule has 0 bridgehead atoms. The van der Waals surface area contributed by atoms with E-state index in [0.29, 0.717) is 43.6 Å². The molecule has 9 heteroatoms. The Balaban J connectivity index is 0.000000236. The Labute approximate surface area is 219 Å². The Bertz CT molecular complexity index is 1380. The van der Waals surface area contributed by atoms with E-state index in [1.807, 2.05) is 42.2 Å². The molecule has 2 aliphatic rings. The third-order valence-corrected chi connectivity index (χ3v) is 7.34. The number of anilines is 1. The van der Waals surface area contributed by atoms with Gasteiger partial charge < -0.3 is 24.8 Å². The minimum absolute atomic E-state index is 0.0326. The first-order chi connectivity index (χ1) is 18.2. The maximum atomic E-state index is 15.0. The van der Waals surface area contributed by atoms with Crippen LogP contribution >= 0.6 is 0 Å². The zero-order chi connectivity index (χ0) is 27.4. The fourth-order valence-corrected chi connectivity index (χ4v) is 5.31. The first-order valence-electron chi connectivity index (χ1n) is 13.0. The van der Waals surface area contributed by atoms with Crippen molar-refractivity contribution in [3.63, 3.8) is 0 Å². The molecule has 1 unspecified atom stereocenters. The first kappa shape index (κ1) is 27.3. The van der Waals surface area contributed by atoms with E-state index >= 15 is 4.39 Å². The lowest BCUT2D eigenvalue weighted by Gasteiger charge is -2.36. The number of carboxylic acid groups (broad SMARTS) is 2. The monoisotopic (exact) mass is 524 g/mol. The van der Waals surface area contributed by atoms with Crippen LogP contribution in [0.2, 0.25) is 0 Å². The van der Waals surface area contributed by atoms with Gasteiger partial charge in [0, 0.05) is 42.7 Å². The van der Waals surface area contributed by atoms with Gasteiger partial charge in [0.15, 0.2) is 0 Å².